The molecule has 13 rings (SSSR count). The third-order valence-electron chi connectivity index (χ3n) is 34.1. The molecule has 0 spiro atoms. The molecule has 26 N–H and O–H groups in total. The zero-order valence-corrected chi connectivity index (χ0v) is 84.9. The first-order valence-corrected chi connectivity index (χ1v) is 50.4. The van der Waals surface area contributed by atoms with Crippen LogP contribution in [0, 0.1) is 50.2 Å². The highest BCUT2D eigenvalue weighted by molar-refractivity contribution is 5.89. The van der Waals surface area contributed by atoms with Crippen LogP contribution in [0.5, 0.6) is 0 Å². The lowest BCUT2D eigenvalue weighted by atomic mass is 9.32. The summed E-state index contributed by atoms with van der Waals surface area (Å²) < 4.78 is 111. The molecule has 51 atom stereocenters. The molecule has 0 radical (unpaired) electrons. The van der Waals surface area contributed by atoms with E-state index in [1.54, 1.807) is 46.8 Å². The molecule has 0 aromatic carbocycles. The number of aliphatic hydroxyl groups is 24. The smallest absolute Gasteiger partial charge is 0.336 e. The minimum absolute atomic E-state index is 0.0417. The van der Waals surface area contributed by atoms with Crippen LogP contribution in [-0.2, 0) is 105 Å². The maximum atomic E-state index is 17.0. The molecule has 0 aromatic rings. The minimum Gasteiger partial charge on any atom is -0.485 e. The normalized spacial score (nSPS) is 47.7. The van der Waals surface area contributed by atoms with Crippen LogP contribution in [-0.4, -0.2) is 461 Å². The van der Waals surface area contributed by atoms with E-state index >= 15 is 9.59 Å². The van der Waals surface area contributed by atoms with Gasteiger partial charge in [0.1, 0.15) is 176 Å². The van der Waals surface area contributed by atoms with Crippen LogP contribution in [0.15, 0.2) is 72.6 Å². The predicted octanol–water partition coefficient (Wildman–Crippen LogP) is -5.46. The quantitative estimate of drug-likeness (QED) is 0.00403. The Kier molecular flexibility index (Phi) is 38.2. The lowest BCUT2D eigenvalue weighted by molar-refractivity contribution is -0.390. The summed E-state index contributed by atoms with van der Waals surface area (Å²) >= 11 is 0. The molecule has 147 heavy (non-hydrogen) atoms. The van der Waals surface area contributed by atoms with Crippen LogP contribution in [0.3, 0.4) is 0 Å². The van der Waals surface area contributed by atoms with Crippen LogP contribution in [0.25, 0.3) is 0 Å². The number of allylic oxidation sites excluding steroid dienone is 3. The Balaban J connectivity index is 0.802. The van der Waals surface area contributed by atoms with E-state index < -0.39 is 384 Å². The van der Waals surface area contributed by atoms with Crippen LogP contribution >= 0.6 is 0 Å². The summed E-state index contributed by atoms with van der Waals surface area (Å²) in [6.45, 7) is 28.0. The zero-order chi connectivity index (χ0) is 108. The van der Waals surface area contributed by atoms with E-state index in [9.17, 15) is 133 Å². The highest BCUT2D eigenvalue weighted by Crippen LogP contribution is 2.77. The third kappa shape index (κ3) is 23.3. The summed E-state index contributed by atoms with van der Waals surface area (Å²) in [7, 11) is 0. The number of amides is 1. The first-order valence-electron chi connectivity index (χ1n) is 50.4. The standard InChI is InChI=1S/C99H157NO47/c1-17-94(12,127)25-19-21-45(33-101)40(3)131-76-42(5)134-88(74(123)70(76)119)146-95(13,18-2)26-20-22-46(34-102)82(125)139-58-32-99(91(126)145-90-80(69(118)63(112)52(36-104)137-90)144-87-75(124)78(142-86-73(122)67(116)62(111)51(35-103)135-86)77(43(6)133-87)141-85-72(121)64(113)53(37-105)136-85)48(30-92(58,8)9)47-29-50(147-128)81-96(14)27-24-57(93(10,11)55(96)23-28-97(81,15)98(47,16)31-56(99)108)140-83-59(100-44(7)106)66(115)65(114)54(138-83)39-130-89-79(68(117)60(109)41(4)132-89)143-84-71(120)61(110)49(107)38-129-84/h17-18,21-22,29,41-43,48-81,83-90,101-105,107-124,127-128H,1-3,19-20,23-28,30-39H2,4-16H3,(H,100,106)/b45-21+,46-22+/t41?,42?,43?,48?,49-,50-,51?,52?,53+,54?,55?,56-,57+,58+,59?,60+,61+,62-,63-,64+,65-,66-,67+,68+,69+,70-,71?,72+,73?,74?,75+,76-,77+,78?,79?,80?,81?,83+,84+,85+,86+,87+,88+,89-,90+,94?,95-,96+,97-,98-,99-/m1/s1. The zero-order valence-electron chi connectivity index (χ0n) is 84.9. The highest BCUT2D eigenvalue weighted by atomic mass is 17.1. The number of esters is 2. The van der Waals surface area contributed by atoms with Gasteiger partial charge in [0.25, 0.3) is 0 Å². The fraction of sp³-hybridized carbons (Fsp3) is 0.848. The molecular weight excluding hydrogens is 1960 g/mol. The molecule has 840 valence electrons. The second kappa shape index (κ2) is 47.2. The van der Waals surface area contributed by atoms with Gasteiger partial charge in [0, 0.05) is 30.3 Å². The molecule has 12 fully saturated rings. The van der Waals surface area contributed by atoms with Crippen molar-refractivity contribution in [2.24, 2.45) is 50.2 Å². The van der Waals surface area contributed by atoms with Crippen molar-refractivity contribution in [3.63, 3.8) is 0 Å². The van der Waals surface area contributed by atoms with Gasteiger partial charge in [-0.3, -0.25) is 14.8 Å². The molecule has 48 nitrogen and oxygen atoms in total. The Bertz CT molecular complexity index is 4550. The van der Waals surface area contributed by atoms with Gasteiger partial charge >= 0.3 is 11.9 Å². The average molecular weight is 2110 g/mol. The minimum atomic E-state index is -2.39. The number of hydrogen-bond donors (Lipinski definition) is 26. The highest BCUT2D eigenvalue weighted by Gasteiger charge is 2.76. The number of hydrogen-bond acceptors (Lipinski definition) is 47. The molecule has 0 aromatic heterocycles. The molecule has 13 aliphatic rings. The van der Waals surface area contributed by atoms with Gasteiger partial charge in [-0.2, -0.15) is 0 Å². The van der Waals surface area contributed by atoms with E-state index in [1.807, 2.05) is 27.7 Å². The van der Waals surface area contributed by atoms with Crippen molar-refractivity contribution < 1.29 is 232 Å². The molecule has 4 saturated carbocycles. The molecule has 17 unspecified atom stereocenters. The molecule has 5 aliphatic carbocycles. The maximum Gasteiger partial charge on any atom is 0.336 e. The maximum absolute atomic E-state index is 17.0. The van der Waals surface area contributed by atoms with Gasteiger partial charge < -0.3 is 213 Å². The fourth-order valence-electron chi connectivity index (χ4n) is 24.9. The summed E-state index contributed by atoms with van der Waals surface area (Å²) in [4.78, 5) is 51.1. The van der Waals surface area contributed by atoms with Gasteiger partial charge in [-0.1, -0.05) is 91.0 Å². The Morgan fingerprint density at radius 1 is 0.503 bits per heavy atom. The molecule has 1 amide bonds. The Morgan fingerprint density at radius 2 is 1.02 bits per heavy atom. The van der Waals surface area contributed by atoms with E-state index in [-0.39, 0.29) is 67.8 Å². The predicted molar refractivity (Wildman–Crippen MR) is 497 cm³/mol. The van der Waals surface area contributed by atoms with E-state index in [2.05, 4.69) is 32.0 Å². The second-order valence-corrected chi connectivity index (χ2v) is 44.5. The van der Waals surface area contributed by atoms with Gasteiger partial charge in [0.2, 0.25) is 12.2 Å². The van der Waals surface area contributed by atoms with Crippen molar-refractivity contribution in [1.29, 1.82) is 0 Å². The molecule has 8 saturated heterocycles. The van der Waals surface area contributed by atoms with E-state index in [1.165, 1.54) is 39.0 Å². The number of carbonyl (C=O) groups excluding carboxylic acids is 3. The Hall–Kier alpha value is -4.99. The molecule has 48 heteroatoms. The van der Waals surface area contributed by atoms with Crippen molar-refractivity contribution in [1.82, 2.24) is 5.32 Å². The molecule has 8 heterocycles. The fourth-order valence-corrected chi connectivity index (χ4v) is 24.9. The monoisotopic (exact) mass is 2110 g/mol. The first kappa shape index (κ1) is 119. The summed E-state index contributed by atoms with van der Waals surface area (Å²) in [6.07, 6.45) is -63.5. The van der Waals surface area contributed by atoms with Crippen molar-refractivity contribution >= 4 is 17.8 Å². The van der Waals surface area contributed by atoms with E-state index in [0.29, 0.717) is 24.8 Å². The van der Waals surface area contributed by atoms with Gasteiger partial charge in [0.15, 0.2) is 56.2 Å². The van der Waals surface area contributed by atoms with Crippen LogP contribution in [0.2, 0.25) is 0 Å². The molecular formula is C99H157NO47. The average Bonchev–Trinajstić information content (AvgIpc) is 0.701. The van der Waals surface area contributed by atoms with Gasteiger partial charge in [0.05, 0.1) is 93.5 Å². The van der Waals surface area contributed by atoms with Crippen LogP contribution < -0.4 is 5.32 Å². The lowest BCUT2D eigenvalue weighted by Gasteiger charge is -2.72. The number of nitrogens with one attached hydrogen (secondary N) is 1. The largest absolute Gasteiger partial charge is 0.485 e. The number of rotatable bonds is 37. The lowest BCUT2D eigenvalue weighted by Crippen LogP contribution is -2.71. The third-order valence-corrected chi connectivity index (χ3v) is 34.1. The molecule has 8 aliphatic heterocycles. The van der Waals surface area contributed by atoms with Crippen molar-refractivity contribution in [2.75, 3.05) is 46.2 Å². The SMILES string of the molecule is C=CC(C)(O)CC/C=C(\CO)C(=C)O[C@@H]1C(C)O[C@@H](O[C@](C)(C=C)CC/C=C(\CO)C(=O)O[C@H]2C[C@@]3(C(=O)O[C@@H]4OC(CO)[C@@H](O)[C@H](O)C4O[C@@H]4OC(C)[C@H](O[C@@H]5O[C@@H](CO)[C@H](O)[C@@H]5O)C(O[C@@H]5OC(CO)[C@@H](O)[C@H](O)C5O)[C@@H]4O)C(CC2(C)C)C2=C[C@@H](OO)C4[C@@]5(C)CC[C@H](O[C@@H]6OC(CO[C@@H]7OC(C)[C@H](O)[C@H](O)C7O[C@@H]7OC[C@@H](O)[C@H](O)C7O)[C@@H](O)[C@H](O)C6NC(C)=O)C(C)(C)C5CC[C@@]4(C)[C@]2(C)C[C@H]3O)C(O)[C@H]1O. The first-order chi connectivity index (χ1) is 68.9. The van der Waals surface area contributed by atoms with Gasteiger partial charge in [-0.25, -0.2) is 9.68 Å². The Morgan fingerprint density at radius 3 is 1.63 bits per heavy atom. The Labute approximate surface area is 850 Å². The summed E-state index contributed by atoms with van der Waals surface area (Å²) in [5.74, 6) is -5.53. The van der Waals surface area contributed by atoms with Crippen LogP contribution in [0.4, 0.5) is 0 Å². The van der Waals surface area contributed by atoms with E-state index in [4.69, 9.17) is 90.2 Å². The number of aliphatic hydroxyl groups excluding tert-OH is 23. The van der Waals surface area contributed by atoms with Gasteiger partial charge in [-0.05, 0) is 132 Å². The topological polar surface area (TPSA) is 744 Å². The summed E-state index contributed by atoms with van der Waals surface area (Å²) in [5.41, 5.74) is -10.1. The number of fused-ring (bicyclic) bond motifs is 7. The number of carbonyl (C=O) groups is 3. The molecule has 0 bridgehead atoms. The van der Waals surface area contributed by atoms with Crippen molar-refractivity contribution in [2.45, 2.75) is 430 Å². The second-order valence-electron chi connectivity index (χ2n) is 44.5. The van der Waals surface area contributed by atoms with Gasteiger partial charge in [-0.15, -0.1) is 13.2 Å². The van der Waals surface area contributed by atoms with Crippen LogP contribution in [0.1, 0.15) is 161 Å². The summed E-state index contributed by atoms with van der Waals surface area (Å²) in [5, 5.41) is 284. The van der Waals surface area contributed by atoms with E-state index in [0.717, 1.165) is 0 Å². The van der Waals surface area contributed by atoms with Crippen molar-refractivity contribution in [3.8, 4) is 0 Å². The van der Waals surface area contributed by atoms with Crippen molar-refractivity contribution in [3.05, 3.63) is 72.6 Å². The summed E-state index contributed by atoms with van der Waals surface area (Å²) in [6, 6.07) is -1.44. The number of ether oxygens (including phenoxy) is 18.